The van der Waals surface area contributed by atoms with Crippen LogP contribution in [-0.4, -0.2) is 28.8 Å². The molecule has 1 aromatic rings. The molecule has 2 atom stereocenters. The normalized spacial score (nSPS) is 16.1. The highest BCUT2D eigenvalue weighted by Crippen LogP contribution is 2.35. The van der Waals surface area contributed by atoms with Gasteiger partial charge in [-0.15, -0.1) is 11.3 Å². The van der Waals surface area contributed by atoms with Gasteiger partial charge in [0.05, 0.1) is 8.07 Å². The Kier molecular flexibility index (Phi) is 8.84. The summed E-state index contributed by atoms with van der Waals surface area (Å²) in [5.41, 5.74) is -2.83. The number of hydrogen-bond donors (Lipinski definition) is 1. The monoisotopic (exact) mass is 498 g/mol. The van der Waals surface area contributed by atoms with Gasteiger partial charge in [0.1, 0.15) is 20.9 Å². The van der Waals surface area contributed by atoms with Gasteiger partial charge in [-0.1, -0.05) is 45.0 Å². The SMILES string of the molecule is C=C[C@@](N[S+]([O-])C(C)(C)C)(c1nc(Br)cc([Si](CC)(CC)CC)c1F)C(F)F. The molecule has 0 aliphatic carbocycles. The van der Waals surface area contributed by atoms with Gasteiger partial charge in [-0.05, 0) is 48.0 Å². The topological polar surface area (TPSA) is 48.0 Å². The van der Waals surface area contributed by atoms with Crippen LogP contribution in [0.25, 0.3) is 0 Å². The summed E-state index contributed by atoms with van der Waals surface area (Å²) < 4.78 is 58.8. The Hall–Kier alpha value is -0.353. The van der Waals surface area contributed by atoms with Gasteiger partial charge in [-0.25, -0.2) is 18.2 Å². The van der Waals surface area contributed by atoms with Crippen LogP contribution in [0.1, 0.15) is 47.2 Å². The molecule has 1 aromatic heterocycles. The number of nitrogens with one attached hydrogen (secondary N) is 1. The van der Waals surface area contributed by atoms with Crippen LogP contribution < -0.4 is 9.91 Å². The van der Waals surface area contributed by atoms with E-state index in [9.17, 15) is 13.3 Å². The summed E-state index contributed by atoms with van der Waals surface area (Å²) in [6.07, 6.45) is -2.18. The van der Waals surface area contributed by atoms with E-state index in [1.54, 1.807) is 26.8 Å². The summed E-state index contributed by atoms with van der Waals surface area (Å²) in [6, 6.07) is 3.96. The first-order chi connectivity index (χ1) is 12.8. The lowest BCUT2D eigenvalue weighted by Gasteiger charge is -2.36. The fourth-order valence-electron chi connectivity index (χ4n) is 3.21. The van der Waals surface area contributed by atoms with E-state index in [4.69, 9.17) is 0 Å². The van der Waals surface area contributed by atoms with Crippen molar-refractivity contribution in [2.75, 3.05) is 0 Å². The smallest absolute Gasteiger partial charge is 0.270 e. The Labute approximate surface area is 179 Å². The van der Waals surface area contributed by atoms with E-state index in [1.807, 2.05) is 20.8 Å². The second-order valence-corrected chi connectivity index (χ2v) is 15.9. The molecule has 160 valence electrons. The zero-order valence-electron chi connectivity index (χ0n) is 17.3. The molecule has 9 heteroatoms. The highest BCUT2D eigenvalue weighted by Gasteiger charge is 2.50. The molecule has 1 rings (SSSR count). The van der Waals surface area contributed by atoms with Crippen molar-refractivity contribution in [3.05, 3.63) is 34.8 Å². The van der Waals surface area contributed by atoms with Gasteiger partial charge in [0.2, 0.25) is 0 Å². The number of pyridine rings is 1. The second-order valence-electron chi connectivity index (χ2n) is 7.85. The van der Waals surface area contributed by atoms with Crippen molar-refractivity contribution in [1.29, 1.82) is 0 Å². The van der Waals surface area contributed by atoms with Crippen LogP contribution in [0.2, 0.25) is 18.1 Å². The third-order valence-corrected chi connectivity index (χ3v) is 13.0. The zero-order chi connectivity index (χ0) is 21.9. The predicted octanol–water partition coefficient (Wildman–Crippen LogP) is 5.40. The third kappa shape index (κ3) is 4.86. The van der Waals surface area contributed by atoms with E-state index in [0.717, 1.165) is 24.2 Å². The molecule has 0 amide bonds. The minimum absolute atomic E-state index is 0.279. The van der Waals surface area contributed by atoms with Crippen LogP contribution in [0.5, 0.6) is 0 Å². The molecule has 0 aromatic carbocycles. The van der Waals surface area contributed by atoms with Crippen LogP contribution in [0.3, 0.4) is 0 Å². The van der Waals surface area contributed by atoms with Crippen molar-refractivity contribution < 1.29 is 17.7 Å². The maximum atomic E-state index is 15.7. The fraction of sp³-hybridized carbons (Fsp3) is 0.632. The average molecular weight is 500 g/mol. The van der Waals surface area contributed by atoms with E-state index in [0.29, 0.717) is 5.19 Å². The highest BCUT2D eigenvalue weighted by molar-refractivity contribution is 9.10. The summed E-state index contributed by atoms with van der Waals surface area (Å²) in [4.78, 5) is 4.07. The van der Waals surface area contributed by atoms with Crippen molar-refractivity contribution >= 4 is 40.6 Å². The summed E-state index contributed by atoms with van der Waals surface area (Å²) in [7, 11) is -2.23. The molecule has 0 aliphatic heterocycles. The number of rotatable bonds is 9. The Balaban J connectivity index is 3.80. The lowest BCUT2D eigenvalue weighted by atomic mass is 9.96. The molecule has 0 fully saturated rings. The van der Waals surface area contributed by atoms with Crippen molar-refractivity contribution in [3.8, 4) is 0 Å². The minimum Gasteiger partial charge on any atom is -0.598 e. The maximum absolute atomic E-state index is 15.7. The van der Waals surface area contributed by atoms with Crippen LogP contribution >= 0.6 is 15.9 Å². The van der Waals surface area contributed by atoms with E-state index in [1.165, 1.54) is 0 Å². The number of aromatic nitrogens is 1. The Morgan fingerprint density at radius 1 is 1.29 bits per heavy atom. The van der Waals surface area contributed by atoms with Crippen LogP contribution in [0.4, 0.5) is 13.2 Å². The number of halogens is 4. The van der Waals surface area contributed by atoms with E-state index < -0.39 is 47.7 Å². The Bertz CT molecular complexity index is 690. The van der Waals surface area contributed by atoms with Crippen molar-refractivity contribution in [2.45, 2.75) is 76.4 Å². The van der Waals surface area contributed by atoms with Crippen LogP contribution in [0.15, 0.2) is 23.3 Å². The first-order valence-electron chi connectivity index (χ1n) is 9.33. The van der Waals surface area contributed by atoms with Crippen molar-refractivity contribution in [2.24, 2.45) is 0 Å². The van der Waals surface area contributed by atoms with Gasteiger partial charge >= 0.3 is 0 Å². The number of alkyl halides is 2. The molecule has 0 spiro atoms. The second kappa shape index (κ2) is 9.64. The summed E-state index contributed by atoms with van der Waals surface area (Å²) in [6.45, 7) is 14.5. The molecule has 3 nitrogen and oxygen atoms in total. The molecule has 0 saturated carbocycles. The van der Waals surface area contributed by atoms with Crippen LogP contribution in [-0.2, 0) is 16.9 Å². The van der Waals surface area contributed by atoms with Gasteiger partial charge in [0, 0.05) is 11.4 Å². The van der Waals surface area contributed by atoms with Gasteiger partial charge in [0.15, 0.2) is 5.54 Å². The zero-order valence-corrected chi connectivity index (χ0v) is 20.7. The van der Waals surface area contributed by atoms with E-state index in [2.05, 4.69) is 32.2 Å². The van der Waals surface area contributed by atoms with Gasteiger partial charge < -0.3 is 4.55 Å². The van der Waals surface area contributed by atoms with Crippen LogP contribution in [0, 0.1) is 5.82 Å². The first kappa shape index (κ1) is 25.7. The molecule has 0 bridgehead atoms. The molecule has 1 unspecified atom stereocenters. The third-order valence-electron chi connectivity index (χ3n) is 5.40. The lowest BCUT2D eigenvalue weighted by molar-refractivity contribution is 0.0643. The van der Waals surface area contributed by atoms with E-state index >= 15 is 4.39 Å². The minimum atomic E-state index is -3.10. The summed E-state index contributed by atoms with van der Waals surface area (Å²) in [5.74, 6) is -0.751. The molecule has 0 aliphatic rings. The standard InChI is InChI=1S/C19H30BrF3N2OSSi/c1-8-19(17(22)23,25-27(26)18(5,6)7)16-15(21)13(12-14(20)24-16)28(9-2,10-3)11-4/h8,12,17,25H,1,9-11H2,2-7H3/t19-,27?/m1/s1. The van der Waals surface area contributed by atoms with Crippen molar-refractivity contribution in [3.63, 3.8) is 0 Å². The van der Waals surface area contributed by atoms with Crippen molar-refractivity contribution in [1.82, 2.24) is 9.71 Å². The largest absolute Gasteiger partial charge is 0.598 e. The molecular weight excluding hydrogens is 469 g/mol. The maximum Gasteiger partial charge on any atom is 0.270 e. The Morgan fingerprint density at radius 3 is 2.14 bits per heavy atom. The Morgan fingerprint density at radius 2 is 1.79 bits per heavy atom. The highest BCUT2D eigenvalue weighted by atomic mass is 79.9. The summed E-state index contributed by atoms with van der Waals surface area (Å²) in [5, 5.41) is 0.465. The number of nitrogens with zero attached hydrogens (tertiary/aromatic N) is 1. The molecule has 0 radical (unpaired) electrons. The predicted molar refractivity (Wildman–Crippen MR) is 118 cm³/mol. The molecular formula is C19H30BrF3N2OSSi. The summed E-state index contributed by atoms with van der Waals surface area (Å²) >= 11 is 1.38. The molecule has 28 heavy (non-hydrogen) atoms. The molecule has 1 N–H and O–H groups in total. The number of hydrogen-bond acceptors (Lipinski definition) is 3. The van der Waals surface area contributed by atoms with Gasteiger partial charge in [0.25, 0.3) is 6.43 Å². The fourth-order valence-corrected chi connectivity index (χ4v) is 8.38. The quantitative estimate of drug-likeness (QED) is 0.214. The first-order valence-corrected chi connectivity index (χ1v) is 13.9. The lowest BCUT2D eigenvalue weighted by Crippen LogP contribution is -2.56. The van der Waals surface area contributed by atoms with E-state index in [-0.39, 0.29) is 4.60 Å². The molecule has 0 saturated heterocycles. The van der Waals surface area contributed by atoms with Gasteiger partial charge in [-0.2, -0.15) is 0 Å². The van der Waals surface area contributed by atoms with Gasteiger partial charge in [-0.3, -0.25) is 0 Å². The average Bonchev–Trinajstić information content (AvgIpc) is 2.62. The molecule has 1 heterocycles.